The Morgan fingerprint density at radius 3 is 2.68 bits per heavy atom. The standard InChI is InChI=1S/C17H24FN/c1-12-6-15-10-19(11-16(15)7-12)9-13(2)14-4-3-5-17(18)8-14/h4,8,12,15-16H,2-3,5-7,9-11H2,1H3. The van der Waals surface area contributed by atoms with Crippen molar-refractivity contribution >= 4 is 0 Å². The number of hydrogen-bond donors (Lipinski definition) is 0. The van der Waals surface area contributed by atoms with Gasteiger partial charge in [-0.2, -0.15) is 0 Å². The minimum absolute atomic E-state index is 0.00534. The van der Waals surface area contributed by atoms with Gasteiger partial charge >= 0.3 is 0 Å². The Morgan fingerprint density at radius 2 is 2.05 bits per heavy atom. The molecule has 2 atom stereocenters. The maximum absolute atomic E-state index is 13.3. The lowest BCUT2D eigenvalue weighted by Gasteiger charge is -2.20. The quantitative estimate of drug-likeness (QED) is 0.739. The molecular weight excluding hydrogens is 237 g/mol. The first-order valence-corrected chi connectivity index (χ1v) is 7.58. The van der Waals surface area contributed by atoms with Crippen LogP contribution in [0.3, 0.4) is 0 Å². The topological polar surface area (TPSA) is 3.24 Å². The van der Waals surface area contributed by atoms with Gasteiger partial charge in [0.05, 0.1) is 0 Å². The van der Waals surface area contributed by atoms with E-state index in [0.717, 1.165) is 41.9 Å². The third kappa shape index (κ3) is 2.84. The van der Waals surface area contributed by atoms with E-state index in [2.05, 4.69) is 24.5 Å². The SMILES string of the molecule is C=C(CN1CC2CC(C)CC2C1)C1=CCCC(F)=C1. The predicted molar refractivity (Wildman–Crippen MR) is 77.5 cm³/mol. The number of halogens is 1. The zero-order valence-corrected chi connectivity index (χ0v) is 11.9. The molecule has 2 unspecified atom stereocenters. The monoisotopic (exact) mass is 261 g/mol. The number of nitrogens with zero attached hydrogens (tertiary/aromatic N) is 1. The molecule has 0 aromatic carbocycles. The minimum Gasteiger partial charge on any atom is -0.299 e. The molecule has 19 heavy (non-hydrogen) atoms. The molecule has 0 amide bonds. The molecule has 0 N–H and O–H groups in total. The van der Waals surface area contributed by atoms with E-state index in [4.69, 9.17) is 0 Å². The normalized spacial score (nSPS) is 34.9. The smallest absolute Gasteiger partial charge is 0.101 e. The van der Waals surface area contributed by atoms with Gasteiger partial charge < -0.3 is 0 Å². The molecule has 2 fully saturated rings. The first-order valence-electron chi connectivity index (χ1n) is 7.58. The van der Waals surface area contributed by atoms with Gasteiger partial charge in [0.15, 0.2) is 0 Å². The second-order valence-electron chi connectivity index (χ2n) is 6.68. The Hall–Kier alpha value is -0.890. The zero-order valence-electron chi connectivity index (χ0n) is 11.9. The van der Waals surface area contributed by atoms with E-state index in [1.807, 2.05) is 0 Å². The molecule has 3 rings (SSSR count). The van der Waals surface area contributed by atoms with Crippen LogP contribution in [-0.2, 0) is 0 Å². The summed E-state index contributed by atoms with van der Waals surface area (Å²) in [6.07, 6.45) is 7.97. The van der Waals surface area contributed by atoms with Crippen LogP contribution in [0, 0.1) is 17.8 Å². The third-order valence-electron chi connectivity index (χ3n) is 4.94. The van der Waals surface area contributed by atoms with E-state index in [-0.39, 0.29) is 5.83 Å². The minimum atomic E-state index is 0.00534. The van der Waals surface area contributed by atoms with Crippen molar-refractivity contribution in [3.8, 4) is 0 Å². The van der Waals surface area contributed by atoms with Gasteiger partial charge in [0.25, 0.3) is 0 Å². The molecule has 3 aliphatic rings. The van der Waals surface area contributed by atoms with Gasteiger partial charge in [0.1, 0.15) is 5.83 Å². The Morgan fingerprint density at radius 1 is 1.37 bits per heavy atom. The Balaban J connectivity index is 1.56. The molecule has 1 saturated carbocycles. The molecule has 104 valence electrons. The van der Waals surface area contributed by atoms with Gasteiger partial charge in [0.2, 0.25) is 0 Å². The van der Waals surface area contributed by atoms with Crippen LogP contribution in [0.15, 0.2) is 35.7 Å². The lowest BCUT2D eigenvalue weighted by molar-refractivity contribution is 0.325. The van der Waals surface area contributed by atoms with Crippen molar-refractivity contribution in [2.75, 3.05) is 19.6 Å². The summed E-state index contributed by atoms with van der Waals surface area (Å²) in [6, 6.07) is 0. The number of fused-ring (bicyclic) bond motifs is 1. The molecule has 1 saturated heterocycles. The molecule has 0 spiro atoms. The second-order valence-corrected chi connectivity index (χ2v) is 6.68. The molecule has 1 heterocycles. The van der Waals surface area contributed by atoms with E-state index < -0.39 is 0 Å². The van der Waals surface area contributed by atoms with Crippen LogP contribution in [0.5, 0.6) is 0 Å². The molecule has 1 aliphatic heterocycles. The molecule has 0 radical (unpaired) electrons. The summed E-state index contributed by atoms with van der Waals surface area (Å²) in [5, 5.41) is 0. The van der Waals surface area contributed by atoms with Gasteiger partial charge in [-0.3, -0.25) is 4.90 Å². The average molecular weight is 261 g/mol. The van der Waals surface area contributed by atoms with Gasteiger partial charge in [-0.1, -0.05) is 19.6 Å². The first kappa shape index (κ1) is 13.1. The van der Waals surface area contributed by atoms with Crippen LogP contribution in [-0.4, -0.2) is 24.5 Å². The van der Waals surface area contributed by atoms with Crippen LogP contribution in [0.25, 0.3) is 0 Å². The zero-order chi connectivity index (χ0) is 13.4. The molecule has 0 aromatic rings. The molecule has 2 heteroatoms. The van der Waals surface area contributed by atoms with Crippen molar-refractivity contribution in [2.24, 2.45) is 17.8 Å². The number of allylic oxidation sites excluding steroid dienone is 3. The molecule has 1 nitrogen and oxygen atoms in total. The Kier molecular flexibility index (Phi) is 3.62. The van der Waals surface area contributed by atoms with E-state index in [1.54, 1.807) is 6.08 Å². The van der Waals surface area contributed by atoms with Crippen LogP contribution in [0.2, 0.25) is 0 Å². The number of likely N-dealkylation sites (tertiary alicyclic amines) is 1. The van der Waals surface area contributed by atoms with Crippen molar-refractivity contribution in [3.05, 3.63) is 35.7 Å². The van der Waals surface area contributed by atoms with Crippen LogP contribution in [0.4, 0.5) is 4.39 Å². The van der Waals surface area contributed by atoms with Crippen molar-refractivity contribution < 1.29 is 4.39 Å². The largest absolute Gasteiger partial charge is 0.299 e. The summed E-state index contributed by atoms with van der Waals surface area (Å²) in [6.45, 7) is 9.89. The van der Waals surface area contributed by atoms with Gasteiger partial charge in [-0.15, -0.1) is 0 Å². The summed E-state index contributed by atoms with van der Waals surface area (Å²) in [5.41, 5.74) is 2.11. The van der Waals surface area contributed by atoms with Crippen molar-refractivity contribution in [3.63, 3.8) is 0 Å². The predicted octanol–water partition coefficient (Wildman–Crippen LogP) is 4.09. The fraction of sp³-hybridized carbons (Fsp3) is 0.647. The second kappa shape index (κ2) is 5.24. The van der Waals surface area contributed by atoms with E-state index in [0.29, 0.717) is 6.42 Å². The molecule has 0 aromatic heterocycles. The lowest BCUT2D eigenvalue weighted by Crippen LogP contribution is -2.25. The highest BCUT2D eigenvalue weighted by Gasteiger charge is 2.39. The van der Waals surface area contributed by atoms with E-state index in [9.17, 15) is 4.39 Å². The Bertz CT molecular complexity index is 421. The lowest BCUT2D eigenvalue weighted by atomic mass is 9.99. The van der Waals surface area contributed by atoms with Crippen molar-refractivity contribution in [2.45, 2.75) is 32.6 Å². The highest BCUT2D eigenvalue weighted by Crippen LogP contribution is 2.41. The van der Waals surface area contributed by atoms with Gasteiger partial charge in [0, 0.05) is 26.1 Å². The van der Waals surface area contributed by atoms with E-state index >= 15 is 0 Å². The Labute approximate surface area is 115 Å². The highest BCUT2D eigenvalue weighted by molar-refractivity contribution is 5.41. The average Bonchev–Trinajstić information content (AvgIpc) is 2.85. The number of rotatable bonds is 3. The van der Waals surface area contributed by atoms with Crippen LogP contribution in [0.1, 0.15) is 32.6 Å². The third-order valence-corrected chi connectivity index (χ3v) is 4.94. The fourth-order valence-corrected chi connectivity index (χ4v) is 4.10. The summed E-state index contributed by atoms with van der Waals surface area (Å²) in [5.74, 6) is 2.72. The molecule has 2 aliphatic carbocycles. The summed E-state index contributed by atoms with van der Waals surface area (Å²) < 4.78 is 13.3. The molecular formula is C17H24FN. The molecule has 0 bridgehead atoms. The number of hydrogen-bond acceptors (Lipinski definition) is 1. The maximum Gasteiger partial charge on any atom is 0.101 e. The van der Waals surface area contributed by atoms with Crippen LogP contribution < -0.4 is 0 Å². The maximum atomic E-state index is 13.3. The summed E-state index contributed by atoms with van der Waals surface area (Å²) >= 11 is 0. The first-order chi connectivity index (χ1) is 9.11. The fourth-order valence-electron chi connectivity index (χ4n) is 4.10. The van der Waals surface area contributed by atoms with Gasteiger partial charge in [-0.05, 0) is 54.2 Å². The van der Waals surface area contributed by atoms with E-state index in [1.165, 1.54) is 25.9 Å². The van der Waals surface area contributed by atoms with Crippen molar-refractivity contribution in [1.82, 2.24) is 4.90 Å². The highest BCUT2D eigenvalue weighted by atomic mass is 19.1. The summed E-state index contributed by atoms with van der Waals surface area (Å²) in [4.78, 5) is 2.52. The van der Waals surface area contributed by atoms with Crippen LogP contribution >= 0.6 is 0 Å². The van der Waals surface area contributed by atoms with Gasteiger partial charge in [-0.25, -0.2) is 4.39 Å². The van der Waals surface area contributed by atoms with Crippen molar-refractivity contribution in [1.29, 1.82) is 0 Å². The summed E-state index contributed by atoms with van der Waals surface area (Å²) in [7, 11) is 0.